The molecule has 1 saturated carbocycles. The van der Waals surface area contributed by atoms with Crippen molar-refractivity contribution in [2.45, 2.75) is 44.7 Å². The van der Waals surface area contributed by atoms with Gasteiger partial charge in [0.25, 0.3) is 0 Å². The van der Waals surface area contributed by atoms with Crippen molar-refractivity contribution in [2.75, 3.05) is 33.4 Å². The van der Waals surface area contributed by atoms with Crippen molar-refractivity contribution in [3.05, 3.63) is 18.2 Å². The quantitative estimate of drug-likeness (QED) is 0.833. The molecule has 2 fully saturated rings. The molecule has 1 aliphatic heterocycles. The molecule has 5 nitrogen and oxygen atoms in total. The predicted molar refractivity (Wildman–Crippen MR) is 81.0 cm³/mol. The first-order chi connectivity index (χ1) is 10.3. The molecule has 0 aromatic carbocycles. The molecular weight excluding hydrogens is 266 g/mol. The Hall–Kier alpha value is -0.910. The summed E-state index contributed by atoms with van der Waals surface area (Å²) in [5.74, 6) is 0. The number of aliphatic hydroxyl groups is 1. The van der Waals surface area contributed by atoms with E-state index in [0.29, 0.717) is 6.04 Å². The molecule has 0 amide bonds. The number of rotatable bonds is 7. The highest BCUT2D eigenvalue weighted by Crippen LogP contribution is 2.37. The first kappa shape index (κ1) is 15.0. The second-order valence-corrected chi connectivity index (χ2v) is 6.74. The molecule has 0 bridgehead atoms. The van der Waals surface area contributed by atoms with Gasteiger partial charge in [0.15, 0.2) is 0 Å². The summed E-state index contributed by atoms with van der Waals surface area (Å²) in [4.78, 5) is 6.80. The molecule has 0 radical (unpaired) electrons. The van der Waals surface area contributed by atoms with Gasteiger partial charge in [-0.25, -0.2) is 4.98 Å². The third-order valence-corrected chi connectivity index (χ3v) is 4.98. The van der Waals surface area contributed by atoms with E-state index in [9.17, 15) is 5.11 Å². The van der Waals surface area contributed by atoms with Gasteiger partial charge < -0.3 is 14.4 Å². The van der Waals surface area contributed by atoms with Gasteiger partial charge in [-0.15, -0.1) is 0 Å². The first-order valence-corrected chi connectivity index (χ1v) is 8.09. The van der Waals surface area contributed by atoms with Crippen LogP contribution in [0.4, 0.5) is 0 Å². The summed E-state index contributed by atoms with van der Waals surface area (Å²) in [6.07, 6.45) is 9.75. The Morgan fingerprint density at radius 3 is 3.05 bits per heavy atom. The van der Waals surface area contributed by atoms with E-state index in [-0.39, 0.29) is 12.0 Å². The van der Waals surface area contributed by atoms with Crippen molar-refractivity contribution < 1.29 is 9.84 Å². The Morgan fingerprint density at radius 2 is 2.33 bits per heavy atom. The van der Waals surface area contributed by atoms with Crippen molar-refractivity contribution in [3.8, 4) is 0 Å². The first-order valence-electron chi connectivity index (χ1n) is 8.09. The number of hydrogen-bond acceptors (Lipinski definition) is 4. The maximum Gasteiger partial charge on any atom is 0.0951 e. The summed E-state index contributed by atoms with van der Waals surface area (Å²) in [5, 5.41) is 9.87. The van der Waals surface area contributed by atoms with Crippen molar-refractivity contribution >= 4 is 0 Å². The van der Waals surface area contributed by atoms with Gasteiger partial charge >= 0.3 is 0 Å². The monoisotopic (exact) mass is 293 g/mol. The molecule has 0 spiro atoms. The molecule has 1 aromatic heterocycles. The van der Waals surface area contributed by atoms with Crippen molar-refractivity contribution in [3.63, 3.8) is 0 Å². The van der Waals surface area contributed by atoms with Crippen LogP contribution in [0.1, 0.15) is 43.8 Å². The number of aromatic nitrogens is 2. The molecule has 3 rings (SSSR count). The van der Waals surface area contributed by atoms with E-state index in [1.54, 1.807) is 7.11 Å². The lowest BCUT2D eigenvalue weighted by Gasteiger charge is -2.42. The number of hydrogen-bond donors (Lipinski definition) is 1. The standard InChI is InChI=1S/C16H27N3O2/c1-21-8-6-16(12-20)5-2-7-18(11-16)10-15-9-17-13-19(15)14-3-4-14/h9,13-14,20H,2-8,10-12H2,1H3/t16-/m0/s1. The number of nitrogens with zero attached hydrogens (tertiary/aromatic N) is 3. The topological polar surface area (TPSA) is 50.5 Å². The second kappa shape index (κ2) is 6.46. The molecule has 1 aromatic rings. The third-order valence-electron chi connectivity index (χ3n) is 4.98. The lowest BCUT2D eigenvalue weighted by molar-refractivity contribution is 0.00405. The highest BCUT2D eigenvalue weighted by molar-refractivity contribution is 5.04. The molecule has 21 heavy (non-hydrogen) atoms. The van der Waals surface area contributed by atoms with Gasteiger partial charge in [0.1, 0.15) is 0 Å². The highest BCUT2D eigenvalue weighted by Gasteiger charge is 2.35. The van der Waals surface area contributed by atoms with Crippen molar-refractivity contribution in [2.24, 2.45) is 5.41 Å². The second-order valence-electron chi connectivity index (χ2n) is 6.74. The average Bonchev–Trinajstić information content (AvgIpc) is 3.26. The van der Waals surface area contributed by atoms with Gasteiger partial charge in [0, 0.05) is 44.5 Å². The highest BCUT2D eigenvalue weighted by atomic mass is 16.5. The number of ether oxygens (including phenoxy) is 1. The van der Waals surface area contributed by atoms with Crippen molar-refractivity contribution in [1.29, 1.82) is 0 Å². The fourth-order valence-corrected chi connectivity index (χ4v) is 3.54. The number of methoxy groups -OCH3 is 1. The van der Waals surface area contributed by atoms with E-state index < -0.39 is 0 Å². The minimum absolute atomic E-state index is 0.0126. The maximum atomic E-state index is 9.87. The Morgan fingerprint density at radius 1 is 1.48 bits per heavy atom. The predicted octanol–water partition coefficient (Wildman–Crippen LogP) is 1.83. The Kier molecular flexibility index (Phi) is 4.62. The van der Waals surface area contributed by atoms with Crippen LogP contribution in [0.5, 0.6) is 0 Å². The molecule has 2 heterocycles. The van der Waals surface area contributed by atoms with E-state index in [2.05, 4.69) is 14.5 Å². The van der Waals surface area contributed by atoms with Crippen LogP contribution in [0.3, 0.4) is 0 Å². The normalized spacial score (nSPS) is 27.1. The van der Waals surface area contributed by atoms with Crippen LogP contribution in [-0.4, -0.2) is 53.0 Å². The van der Waals surface area contributed by atoms with Gasteiger partial charge in [-0.1, -0.05) is 0 Å². The lowest BCUT2D eigenvalue weighted by Crippen LogP contribution is -2.45. The zero-order chi connectivity index (χ0) is 14.7. The molecule has 1 aliphatic carbocycles. The number of imidazole rings is 1. The van der Waals surface area contributed by atoms with Crippen LogP contribution in [0.25, 0.3) is 0 Å². The average molecular weight is 293 g/mol. The van der Waals surface area contributed by atoms with E-state index in [4.69, 9.17) is 4.74 Å². The molecular formula is C16H27N3O2. The minimum atomic E-state index is 0.0126. The molecule has 0 unspecified atom stereocenters. The minimum Gasteiger partial charge on any atom is -0.396 e. The fourth-order valence-electron chi connectivity index (χ4n) is 3.54. The summed E-state index contributed by atoms with van der Waals surface area (Å²) < 4.78 is 7.57. The summed E-state index contributed by atoms with van der Waals surface area (Å²) in [5.41, 5.74) is 1.33. The zero-order valence-electron chi connectivity index (χ0n) is 13.0. The van der Waals surface area contributed by atoms with E-state index in [1.807, 2.05) is 12.5 Å². The number of likely N-dealkylation sites (tertiary alicyclic amines) is 1. The van der Waals surface area contributed by atoms with E-state index in [0.717, 1.165) is 45.5 Å². The fraction of sp³-hybridized carbons (Fsp3) is 0.812. The Bertz CT molecular complexity index is 458. The summed E-state index contributed by atoms with van der Waals surface area (Å²) in [6, 6.07) is 0.684. The zero-order valence-corrected chi connectivity index (χ0v) is 13.0. The Balaban J connectivity index is 1.63. The third kappa shape index (κ3) is 3.47. The summed E-state index contributed by atoms with van der Waals surface area (Å²) in [7, 11) is 1.74. The van der Waals surface area contributed by atoms with Crippen LogP contribution in [0.15, 0.2) is 12.5 Å². The largest absolute Gasteiger partial charge is 0.396 e. The van der Waals surface area contributed by atoms with Crippen LogP contribution in [0.2, 0.25) is 0 Å². The molecule has 1 atom stereocenters. The summed E-state index contributed by atoms with van der Waals surface area (Å²) in [6.45, 7) is 4.02. The van der Waals surface area contributed by atoms with E-state index in [1.165, 1.54) is 18.5 Å². The molecule has 1 N–H and O–H groups in total. The lowest BCUT2D eigenvalue weighted by atomic mass is 9.78. The maximum absolute atomic E-state index is 9.87. The van der Waals surface area contributed by atoms with Gasteiger partial charge in [-0.05, 0) is 38.6 Å². The molecule has 2 aliphatic rings. The van der Waals surface area contributed by atoms with E-state index >= 15 is 0 Å². The number of piperidine rings is 1. The molecule has 5 heteroatoms. The van der Waals surface area contributed by atoms with Gasteiger partial charge in [0.05, 0.1) is 18.6 Å². The van der Waals surface area contributed by atoms with Crippen LogP contribution in [-0.2, 0) is 11.3 Å². The van der Waals surface area contributed by atoms with Gasteiger partial charge in [-0.3, -0.25) is 4.90 Å². The summed E-state index contributed by atoms with van der Waals surface area (Å²) >= 11 is 0. The molecule has 1 saturated heterocycles. The Labute approximate surface area is 126 Å². The van der Waals surface area contributed by atoms with Gasteiger partial charge in [0.2, 0.25) is 0 Å². The van der Waals surface area contributed by atoms with Crippen molar-refractivity contribution in [1.82, 2.24) is 14.5 Å². The van der Waals surface area contributed by atoms with Crippen LogP contribution in [0, 0.1) is 5.41 Å². The number of aliphatic hydroxyl groups excluding tert-OH is 1. The van der Waals surface area contributed by atoms with Gasteiger partial charge in [-0.2, -0.15) is 0 Å². The van der Waals surface area contributed by atoms with Crippen LogP contribution >= 0.6 is 0 Å². The molecule has 118 valence electrons. The van der Waals surface area contributed by atoms with Crippen LogP contribution < -0.4 is 0 Å². The SMILES string of the molecule is COCC[C@@]1(CO)CCCN(Cc2cncn2C2CC2)C1. The smallest absolute Gasteiger partial charge is 0.0951 e.